The number of fused-ring (bicyclic) bond motifs is 1. The Morgan fingerprint density at radius 3 is 2.31 bits per heavy atom. The molecule has 3 rings (SSSR count). The molecule has 0 aliphatic carbocycles. The zero-order valence-corrected chi connectivity index (χ0v) is 19.6. The van der Waals surface area contributed by atoms with Crippen molar-refractivity contribution in [3.63, 3.8) is 0 Å². The fraction of sp³-hybridized carbons (Fsp3) is 0.333. The number of aromatic nitrogens is 1. The fourth-order valence-electron chi connectivity index (χ4n) is 3.26. The Balaban J connectivity index is 1.91. The van der Waals surface area contributed by atoms with Gasteiger partial charge in [0, 0.05) is 37.8 Å². The molecule has 2 aromatic carbocycles. The number of sulfonamides is 1. The van der Waals surface area contributed by atoms with Crippen LogP contribution in [0.15, 0.2) is 52.4 Å². The van der Waals surface area contributed by atoms with Crippen LogP contribution in [0.3, 0.4) is 0 Å². The lowest BCUT2D eigenvalue weighted by molar-refractivity contribution is -0.384. The average molecular weight is 477 g/mol. The van der Waals surface area contributed by atoms with E-state index < -0.39 is 20.9 Å². The van der Waals surface area contributed by atoms with Gasteiger partial charge in [-0.05, 0) is 43.2 Å². The second kappa shape index (κ2) is 9.72. The summed E-state index contributed by atoms with van der Waals surface area (Å²) in [7, 11) is -1.90. The molecule has 0 saturated heterocycles. The van der Waals surface area contributed by atoms with Gasteiger partial charge in [-0.3, -0.25) is 14.9 Å². The molecule has 170 valence electrons. The molecule has 9 nitrogen and oxygen atoms in total. The highest BCUT2D eigenvalue weighted by Crippen LogP contribution is 2.23. The lowest BCUT2D eigenvalue weighted by atomic mass is 10.2. The van der Waals surface area contributed by atoms with E-state index in [0.29, 0.717) is 35.4 Å². The Hall–Kier alpha value is -2.89. The molecule has 11 heteroatoms. The summed E-state index contributed by atoms with van der Waals surface area (Å²) in [5.74, 6) is -0.524. The first-order valence-corrected chi connectivity index (χ1v) is 12.4. The second-order valence-corrected chi connectivity index (χ2v) is 10.1. The third kappa shape index (κ3) is 4.79. The van der Waals surface area contributed by atoms with Gasteiger partial charge in [-0.1, -0.05) is 25.2 Å². The molecule has 32 heavy (non-hydrogen) atoms. The van der Waals surface area contributed by atoms with Crippen molar-refractivity contribution in [2.45, 2.75) is 31.6 Å². The number of carbonyl (C=O) groups excluding carboxylic acids is 1. The SMILES string of the molecule is CCCN(CCC)S(=O)(=O)c1ccc(C(=O)N=c2sc3cc([N+](=O)[O-])ccc3n2C)cc1. The highest BCUT2D eigenvalue weighted by atomic mass is 32.2. The molecule has 0 fully saturated rings. The summed E-state index contributed by atoms with van der Waals surface area (Å²) < 4.78 is 29.5. The van der Waals surface area contributed by atoms with Crippen LogP contribution < -0.4 is 4.80 Å². The third-order valence-electron chi connectivity index (χ3n) is 4.89. The van der Waals surface area contributed by atoms with Crippen LogP contribution in [0, 0.1) is 10.1 Å². The maximum absolute atomic E-state index is 12.9. The topological polar surface area (TPSA) is 115 Å². The molecule has 0 saturated carbocycles. The van der Waals surface area contributed by atoms with E-state index in [0.717, 1.165) is 5.52 Å². The van der Waals surface area contributed by atoms with Gasteiger partial charge in [0.1, 0.15) is 0 Å². The zero-order valence-electron chi connectivity index (χ0n) is 18.0. The Bertz CT molecular complexity index is 1320. The van der Waals surface area contributed by atoms with Gasteiger partial charge >= 0.3 is 0 Å². The number of benzene rings is 2. The fourth-order valence-corrected chi connectivity index (χ4v) is 5.94. The van der Waals surface area contributed by atoms with E-state index in [1.165, 1.54) is 52.0 Å². The summed E-state index contributed by atoms with van der Waals surface area (Å²) in [6.45, 7) is 4.72. The molecule has 3 aromatic rings. The van der Waals surface area contributed by atoms with E-state index >= 15 is 0 Å². The third-order valence-corrected chi connectivity index (χ3v) is 7.89. The lowest BCUT2D eigenvalue weighted by Crippen LogP contribution is -2.32. The van der Waals surface area contributed by atoms with Gasteiger partial charge in [0.2, 0.25) is 10.0 Å². The Morgan fingerprint density at radius 1 is 1.12 bits per heavy atom. The molecule has 0 aliphatic heterocycles. The van der Waals surface area contributed by atoms with E-state index in [1.807, 2.05) is 13.8 Å². The molecule has 0 spiro atoms. The molecule has 0 atom stereocenters. The molecule has 1 amide bonds. The Kier molecular flexibility index (Phi) is 7.22. The van der Waals surface area contributed by atoms with Gasteiger partial charge < -0.3 is 4.57 Å². The average Bonchev–Trinajstić information content (AvgIpc) is 3.08. The Morgan fingerprint density at radius 2 is 1.75 bits per heavy atom. The van der Waals surface area contributed by atoms with Crippen molar-refractivity contribution in [3.8, 4) is 0 Å². The van der Waals surface area contributed by atoms with Crippen molar-refractivity contribution < 1.29 is 18.1 Å². The van der Waals surface area contributed by atoms with Crippen LogP contribution in [0.1, 0.15) is 37.0 Å². The van der Waals surface area contributed by atoms with Crippen LogP contribution in [-0.2, 0) is 17.1 Å². The standard InChI is InChI=1S/C21H24N4O5S2/c1-4-12-24(13-5-2)32(29,30)17-9-6-15(7-10-17)20(26)22-21-23(3)18-11-8-16(25(27)28)14-19(18)31-21/h6-11,14H,4-5,12-13H2,1-3H3. The van der Waals surface area contributed by atoms with Crippen molar-refractivity contribution in [1.82, 2.24) is 8.87 Å². The van der Waals surface area contributed by atoms with Crippen LogP contribution in [0.4, 0.5) is 5.69 Å². The van der Waals surface area contributed by atoms with Crippen LogP contribution in [0.25, 0.3) is 10.2 Å². The smallest absolute Gasteiger partial charge is 0.279 e. The van der Waals surface area contributed by atoms with Crippen LogP contribution >= 0.6 is 11.3 Å². The van der Waals surface area contributed by atoms with Crippen LogP contribution in [-0.4, -0.2) is 41.2 Å². The molecular formula is C21H24N4O5S2. The maximum atomic E-state index is 12.9. The van der Waals surface area contributed by atoms with Crippen molar-refractivity contribution in [3.05, 3.63) is 62.9 Å². The van der Waals surface area contributed by atoms with Gasteiger partial charge in [0.25, 0.3) is 11.6 Å². The van der Waals surface area contributed by atoms with Crippen molar-refractivity contribution in [2.24, 2.45) is 12.0 Å². The van der Waals surface area contributed by atoms with Crippen LogP contribution in [0.5, 0.6) is 0 Å². The maximum Gasteiger partial charge on any atom is 0.279 e. The summed E-state index contributed by atoms with van der Waals surface area (Å²) >= 11 is 1.17. The number of nitro groups is 1. The highest BCUT2D eigenvalue weighted by molar-refractivity contribution is 7.89. The van der Waals surface area contributed by atoms with E-state index in [-0.39, 0.29) is 16.1 Å². The van der Waals surface area contributed by atoms with Gasteiger partial charge in [-0.25, -0.2) is 8.42 Å². The minimum absolute atomic E-state index is 0.0331. The van der Waals surface area contributed by atoms with E-state index in [2.05, 4.69) is 4.99 Å². The normalized spacial score (nSPS) is 12.6. The van der Waals surface area contributed by atoms with E-state index in [9.17, 15) is 23.3 Å². The minimum atomic E-state index is -3.63. The monoisotopic (exact) mass is 476 g/mol. The summed E-state index contributed by atoms with van der Waals surface area (Å²) in [6, 6.07) is 10.2. The quantitative estimate of drug-likeness (QED) is 0.363. The molecule has 0 bridgehead atoms. The van der Waals surface area contributed by atoms with E-state index in [4.69, 9.17) is 0 Å². The van der Waals surface area contributed by atoms with Crippen molar-refractivity contribution in [2.75, 3.05) is 13.1 Å². The van der Waals surface area contributed by atoms with Gasteiger partial charge in [-0.15, -0.1) is 0 Å². The van der Waals surface area contributed by atoms with Crippen molar-refractivity contribution in [1.29, 1.82) is 0 Å². The number of nitro benzene ring substituents is 1. The Labute approximate surface area is 189 Å². The largest absolute Gasteiger partial charge is 0.319 e. The number of rotatable bonds is 8. The molecular weight excluding hydrogens is 452 g/mol. The first-order valence-electron chi connectivity index (χ1n) is 10.1. The molecule has 1 heterocycles. The number of carbonyl (C=O) groups is 1. The number of non-ortho nitro benzene ring substituents is 1. The van der Waals surface area contributed by atoms with Crippen molar-refractivity contribution >= 4 is 43.2 Å². The highest BCUT2D eigenvalue weighted by Gasteiger charge is 2.23. The number of nitrogens with zero attached hydrogens (tertiary/aromatic N) is 4. The summed E-state index contributed by atoms with van der Waals surface area (Å²) in [4.78, 5) is 27.9. The van der Waals surface area contributed by atoms with E-state index in [1.54, 1.807) is 17.7 Å². The predicted octanol–water partition coefficient (Wildman–Crippen LogP) is 3.70. The number of hydrogen-bond acceptors (Lipinski definition) is 6. The summed E-state index contributed by atoms with van der Waals surface area (Å²) in [5.41, 5.74) is 0.944. The number of aryl methyl sites for hydroxylation is 1. The van der Waals surface area contributed by atoms with Gasteiger partial charge in [-0.2, -0.15) is 9.30 Å². The number of thiazole rings is 1. The molecule has 0 unspecified atom stereocenters. The van der Waals surface area contributed by atoms with Crippen LogP contribution in [0.2, 0.25) is 0 Å². The number of hydrogen-bond donors (Lipinski definition) is 0. The minimum Gasteiger partial charge on any atom is -0.319 e. The summed E-state index contributed by atoms with van der Waals surface area (Å²) in [6.07, 6.45) is 1.42. The van der Waals surface area contributed by atoms with Gasteiger partial charge in [0.05, 0.1) is 20.0 Å². The molecule has 1 aromatic heterocycles. The molecule has 0 aliphatic rings. The summed E-state index contributed by atoms with van der Waals surface area (Å²) in [5, 5.41) is 11.0. The lowest BCUT2D eigenvalue weighted by Gasteiger charge is -2.21. The zero-order chi connectivity index (χ0) is 23.5. The predicted molar refractivity (Wildman–Crippen MR) is 123 cm³/mol. The molecule has 0 radical (unpaired) electrons. The first kappa shape index (κ1) is 23.8. The van der Waals surface area contributed by atoms with Gasteiger partial charge in [0.15, 0.2) is 4.80 Å². The number of amides is 1. The first-order chi connectivity index (χ1) is 15.2. The second-order valence-electron chi connectivity index (χ2n) is 7.20. The molecule has 0 N–H and O–H groups in total.